The van der Waals surface area contributed by atoms with E-state index in [4.69, 9.17) is 12.2 Å². The highest BCUT2D eigenvalue weighted by molar-refractivity contribution is 7.91. The average molecular weight is 286 g/mol. The second-order valence-corrected chi connectivity index (χ2v) is 6.78. The molecule has 0 aromatic heterocycles. The van der Waals surface area contributed by atoms with Gasteiger partial charge in [0.2, 0.25) is 0 Å². The molecule has 3 N–H and O–H groups in total. The maximum Gasteiger partial charge on any atom is 0.171 e. The van der Waals surface area contributed by atoms with E-state index >= 15 is 0 Å². The second kappa shape index (κ2) is 5.21. The van der Waals surface area contributed by atoms with Crippen LogP contribution in [0.1, 0.15) is 0 Å². The molecule has 0 saturated carbocycles. The summed E-state index contributed by atoms with van der Waals surface area (Å²) in [5.74, 6) is -0.302. The van der Waals surface area contributed by atoms with Crippen molar-refractivity contribution in [3.63, 3.8) is 0 Å². The molecule has 2 rings (SSSR count). The summed E-state index contributed by atoms with van der Waals surface area (Å²) in [5.41, 5.74) is 0.811. The number of rotatable bonds is 2. The first kappa shape index (κ1) is 13.3. The molecule has 1 saturated heterocycles. The van der Waals surface area contributed by atoms with Gasteiger partial charge in [0, 0.05) is 5.69 Å². The maximum absolute atomic E-state index is 11.3. The van der Waals surface area contributed by atoms with E-state index in [0.29, 0.717) is 5.11 Å². The predicted octanol–water partition coefficient (Wildman–Crippen LogP) is 0.131. The van der Waals surface area contributed by atoms with Gasteiger partial charge in [-0.15, -0.1) is 0 Å². The molecule has 0 spiro atoms. The quantitative estimate of drug-likeness (QED) is 0.671. The molecular weight excluding hydrogens is 272 g/mol. The van der Waals surface area contributed by atoms with E-state index in [1.54, 1.807) is 0 Å². The van der Waals surface area contributed by atoms with E-state index in [2.05, 4.69) is 10.6 Å². The molecule has 1 aliphatic heterocycles. The molecule has 98 valence electrons. The third kappa shape index (κ3) is 3.41. The Morgan fingerprint density at radius 1 is 1.28 bits per heavy atom. The molecule has 0 aliphatic carbocycles. The van der Waals surface area contributed by atoms with Crippen molar-refractivity contribution in [1.82, 2.24) is 5.32 Å². The number of aliphatic hydroxyl groups excluding tert-OH is 1. The molecule has 0 amide bonds. The number of nitrogens with one attached hydrogen (secondary N) is 2. The molecule has 5 nitrogen and oxygen atoms in total. The van der Waals surface area contributed by atoms with Gasteiger partial charge in [0.25, 0.3) is 0 Å². The molecular formula is C11H14N2O3S2. The van der Waals surface area contributed by atoms with Crippen molar-refractivity contribution in [2.75, 3.05) is 16.8 Å². The summed E-state index contributed by atoms with van der Waals surface area (Å²) in [7, 11) is -3.16. The van der Waals surface area contributed by atoms with Gasteiger partial charge in [-0.3, -0.25) is 0 Å². The molecule has 0 radical (unpaired) electrons. The molecule has 0 bridgehead atoms. The fraction of sp³-hybridized carbons (Fsp3) is 0.364. The van der Waals surface area contributed by atoms with Gasteiger partial charge in [0.15, 0.2) is 14.9 Å². The highest BCUT2D eigenvalue weighted by atomic mass is 32.2. The highest BCUT2D eigenvalue weighted by Gasteiger charge is 2.36. The molecule has 18 heavy (non-hydrogen) atoms. The maximum atomic E-state index is 11.3. The van der Waals surface area contributed by atoms with Crippen LogP contribution in [0.25, 0.3) is 0 Å². The van der Waals surface area contributed by atoms with Crippen molar-refractivity contribution in [1.29, 1.82) is 0 Å². The first-order chi connectivity index (χ1) is 8.46. The van der Waals surface area contributed by atoms with Gasteiger partial charge in [-0.1, -0.05) is 18.2 Å². The van der Waals surface area contributed by atoms with Crippen LogP contribution in [0.15, 0.2) is 30.3 Å². The van der Waals surface area contributed by atoms with Gasteiger partial charge in [-0.25, -0.2) is 8.42 Å². The fourth-order valence-electron chi connectivity index (χ4n) is 1.82. The number of para-hydroxylation sites is 1. The Kier molecular flexibility index (Phi) is 3.84. The van der Waals surface area contributed by atoms with Crippen molar-refractivity contribution < 1.29 is 13.5 Å². The van der Waals surface area contributed by atoms with Crippen molar-refractivity contribution in [2.45, 2.75) is 12.1 Å². The second-order valence-electron chi connectivity index (χ2n) is 4.22. The summed E-state index contributed by atoms with van der Waals surface area (Å²) < 4.78 is 22.7. The lowest BCUT2D eigenvalue weighted by molar-refractivity contribution is 0.175. The number of thiocarbonyl (C=S) groups is 1. The van der Waals surface area contributed by atoms with Crippen LogP contribution in [0.4, 0.5) is 5.69 Å². The summed E-state index contributed by atoms with van der Waals surface area (Å²) in [4.78, 5) is 0. The van der Waals surface area contributed by atoms with Crippen LogP contribution in [0, 0.1) is 0 Å². The molecule has 1 aromatic carbocycles. The summed E-state index contributed by atoms with van der Waals surface area (Å²) in [6, 6.07) is 8.75. The topological polar surface area (TPSA) is 78.4 Å². The van der Waals surface area contributed by atoms with Gasteiger partial charge in [-0.2, -0.15) is 0 Å². The SMILES string of the molecule is O=S1(=O)C[C@@H](O)[C@H](NC(=S)Nc2ccccc2)C1. The Hall–Kier alpha value is -1.18. The van der Waals surface area contributed by atoms with Crippen LogP contribution in [-0.2, 0) is 9.84 Å². The van der Waals surface area contributed by atoms with Crippen LogP contribution < -0.4 is 10.6 Å². The zero-order valence-corrected chi connectivity index (χ0v) is 11.2. The third-order valence-corrected chi connectivity index (χ3v) is 4.61. The molecule has 1 fully saturated rings. The first-order valence-corrected chi connectivity index (χ1v) is 7.70. The highest BCUT2D eigenvalue weighted by Crippen LogP contribution is 2.13. The molecule has 0 unspecified atom stereocenters. The zero-order valence-electron chi connectivity index (χ0n) is 9.54. The lowest BCUT2D eigenvalue weighted by Crippen LogP contribution is -2.44. The smallest absolute Gasteiger partial charge is 0.171 e. The Morgan fingerprint density at radius 2 is 1.94 bits per heavy atom. The Bertz CT molecular complexity index is 530. The summed E-state index contributed by atoms with van der Waals surface area (Å²) >= 11 is 5.07. The number of anilines is 1. The first-order valence-electron chi connectivity index (χ1n) is 5.47. The van der Waals surface area contributed by atoms with E-state index in [-0.39, 0.29) is 11.5 Å². The molecule has 1 aliphatic rings. The van der Waals surface area contributed by atoms with E-state index in [0.717, 1.165) is 5.69 Å². The lowest BCUT2D eigenvalue weighted by atomic mass is 10.2. The van der Waals surface area contributed by atoms with Crippen molar-refractivity contribution in [3.05, 3.63) is 30.3 Å². The minimum Gasteiger partial charge on any atom is -0.390 e. The minimum atomic E-state index is -3.16. The van der Waals surface area contributed by atoms with Crippen LogP contribution in [-0.4, -0.2) is 42.3 Å². The largest absolute Gasteiger partial charge is 0.390 e. The summed E-state index contributed by atoms with van der Waals surface area (Å²) in [6.45, 7) is 0. The van der Waals surface area contributed by atoms with Gasteiger partial charge in [0.1, 0.15) is 0 Å². The third-order valence-electron chi connectivity index (χ3n) is 2.67. The summed E-state index contributed by atoms with van der Waals surface area (Å²) in [5, 5.41) is 15.7. The van der Waals surface area contributed by atoms with Crippen LogP contribution in [0.2, 0.25) is 0 Å². The van der Waals surface area contributed by atoms with E-state index in [1.807, 2.05) is 30.3 Å². The molecule has 1 aromatic rings. The summed E-state index contributed by atoms with van der Waals surface area (Å²) in [6.07, 6.45) is -0.912. The van der Waals surface area contributed by atoms with Gasteiger partial charge >= 0.3 is 0 Å². The van der Waals surface area contributed by atoms with E-state index in [1.165, 1.54) is 0 Å². The number of aliphatic hydroxyl groups is 1. The number of benzene rings is 1. The van der Waals surface area contributed by atoms with Crippen molar-refractivity contribution in [3.8, 4) is 0 Å². The van der Waals surface area contributed by atoms with Crippen LogP contribution in [0.3, 0.4) is 0 Å². The Morgan fingerprint density at radius 3 is 2.50 bits per heavy atom. The molecule has 2 atom stereocenters. The average Bonchev–Trinajstić information content (AvgIpc) is 2.53. The Balaban J connectivity index is 1.93. The standard InChI is InChI=1S/C11H14N2O3S2/c14-10-7-18(15,16)6-9(10)13-11(17)12-8-4-2-1-3-5-8/h1-5,9-10,14H,6-7H2,(H2,12,13,17)/t9-,10-/m1/s1. The zero-order chi connectivity index (χ0) is 13.2. The fourth-order valence-corrected chi connectivity index (χ4v) is 3.83. The van der Waals surface area contributed by atoms with Gasteiger partial charge in [0.05, 0.1) is 23.7 Å². The van der Waals surface area contributed by atoms with Gasteiger partial charge in [-0.05, 0) is 24.4 Å². The Labute approximate surface area is 111 Å². The normalized spacial score (nSPS) is 25.6. The monoisotopic (exact) mass is 286 g/mol. The number of sulfone groups is 1. The predicted molar refractivity (Wildman–Crippen MR) is 74.2 cm³/mol. The van der Waals surface area contributed by atoms with Crippen molar-refractivity contribution in [2.24, 2.45) is 0 Å². The number of hydrogen-bond donors (Lipinski definition) is 3. The van der Waals surface area contributed by atoms with E-state index in [9.17, 15) is 13.5 Å². The lowest BCUT2D eigenvalue weighted by Gasteiger charge is -2.17. The van der Waals surface area contributed by atoms with Crippen LogP contribution >= 0.6 is 12.2 Å². The van der Waals surface area contributed by atoms with E-state index < -0.39 is 22.0 Å². The van der Waals surface area contributed by atoms with Crippen LogP contribution in [0.5, 0.6) is 0 Å². The molecule has 7 heteroatoms. The van der Waals surface area contributed by atoms with Gasteiger partial charge < -0.3 is 15.7 Å². The minimum absolute atomic E-state index is 0.0925. The molecule has 1 heterocycles. The number of hydrogen-bond acceptors (Lipinski definition) is 4. The van der Waals surface area contributed by atoms with Crippen molar-refractivity contribution >= 4 is 32.9 Å².